The van der Waals surface area contributed by atoms with Crippen molar-refractivity contribution >= 4 is 23.1 Å². The third kappa shape index (κ3) is 3.97. The summed E-state index contributed by atoms with van der Waals surface area (Å²) in [5.74, 6) is -1.76. The number of carbonyl (C=O) groups is 2. The standard InChI is InChI=1S/C20H20N2O5/c23-19(15-7-3-4-8-16(15)20(24)25)14-9-10-17(18(13-14)22(26)27)21-11-5-1-2-6-12-21/h3-4,7-10,13H,1-2,5-6,11-12H2,(H,24,25). The molecular weight excluding hydrogens is 348 g/mol. The molecule has 7 heteroatoms. The zero-order chi connectivity index (χ0) is 19.4. The summed E-state index contributed by atoms with van der Waals surface area (Å²) in [5.41, 5.74) is 0.373. The summed E-state index contributed by atoms with van der Waals surface area (Å²) in [6, 6.07) is 10.2. The SMILES string of the molecule is O=C(O)c1ccccc1C(=O)c1ccc(N2CCCCCC2)c([N+](=O)[O-])c1. The van der Waals surface area contributed by atoms with Crippen LogP contribution in [-0.4, -0.2) is 34.9 Å². The number of benzene rings is 2. The summed E-state index contributed by atoms with van der Waals surface area (Å²) in [6.45, 7) is 1.49. The number of carboxylic acid groups (broad SMARTS) is 1. The Bertz CT molecular complexity index is 886. The molecule has 0 aromatic heterocycles. The van der Waals surface area contributed by atoms with Crippen molar-refractivity contribution in [1.29, 1.82) is 0 Å². The van der Waals surface area contributed by atoms with Crippen LogP contribution in [0.1, 0.15) is 52.0 Å². The van der Waals surface area contributed by atoms with Gasteiger partial charge in [0.2, 0.25) is 0 Å². The molecule has 140 valence electrons. The van der Waals surface area contributed by atoms with Gasteiger partial charge < -0.3 is 10.0 Å². The van der Waals surface area contributed by atoms with Gasteiger partial charge in [0.05, 0.1) is 10.5 Å². The van der Waals surface area contributed by atoms with E-state index in [4.69, 9.17) is 0 Å². The van der Waals surface area contributed by atoms with Crippen LogP contribution in [0.4, 0.5) is 11.4 Å². The van der Waals surface area contributed by atoms with Crippen molar-refractivity contribution in [2.24, 2.45) is 0 Å². The molecule has 1 N–H and O–H groups in total. The predicted octanol–water partition coefficient (Wildman–Crippen LogP) is 3.90. The monoisotopic (exact) mass is 368 g/mol. The molecule has 2 aromatic rings. The van der Waals surface area contributed by atoms with Crippen molar-refractivity contribution in [3.8, 4) is 0 Å². The van der Waals surface area contributed by atoms with E-state index in [0.717, 1.165) is 38.8 Å². The van der Waals surface area contributed by atoms with Gasteiger partial charge in [-0.25, -0.2) is 4.79 Å². The van der Waals surface area contributed by atoms with E-state index in [1.165, 1.54) is 30.3 Å². The number of carboxylic acids is 1. The van der Waals surface area contributed by atoms with Crippen LogP contribution < -0.4 is 4.90 Å². The number of nitro groups is 1. The normalized spacial score (nSPS) is 14.4. The topological polar surface area (TPSA) is 101 Å². The van der Waals surface area contributed by atoms with E-state index >= 15 is 0 Å². The summed E-state index contributed by atoms with van der Waals surface area (Å²) >= 11 is 0. The van der Waals surface area contributed by atoms with Crippen LogP contribution in [0, 0.1) is 10.1 Å². The molecule has 0 radical (unpaired) electrons. The van der Waals surface area contributed by atoms with Gasteiger partial charge in [0, 0.05) is 30.3 Å². The van der Waals surface area contributed by atoms with Gasteiger partial charge in [0.25, 0.3) is 5.69 Å². The van der Waals surface area contributed by atoms with Crippen molar-refractivity contribution in [3.63, 3.8) is 0 Å². The fourth-order valence-corrected chi connectivity index (χ4v) is 3.41. The molecule has 3 rings (SSSR count). The number of ketones is 1. The maximum atomic E-state index is 12.8. The molecule has 1 heterocycles. The molecule has 1 fully saturated rings. The van der Waals surface area contributed by atoms with Gasteiger partial charge in [-0.2, -0.15) is 0 Å². The molecule has 2 aromatic carbocycles. The number of hydrogen-bond donors (Lipinski definition) is 1. The van der Waals surface area contributed by atoms with Crippen LogP contribution in [0.5, 0.6) is 0 Å². The second-order valence-corrected chi connectivity index (χ2v) is 6.54. The Morgan fingerprint density at radius 2 is 1.59 bits per heavy atom. The lowest BCUT2D eigenvalue weighted by Crippen LogP contribution is -2.25. The molecule has 7 nitrogen and oxygen atoms in total. The van der Waals surface area contributed by atoms with Crippen molar-refractivity contribution in [1.82, 2.24) is 0 Å². The zero-order valence-electron chi connectivity index (χ0n) is 14.8. The van der Waals surface area contributed by atoms with Crippen molar-refractivity contribution in [3.05, 3.63) is 69.3 Å². The summed E-state index contributed by atoms with van der Waals surface area (Å²) in [6.07, 6.45) is 4.16. The average molecular weight is 368 g/mol. The third-order valence-electron chi connectivity index (χ3n) is 4.78. The van der Waals surface area contributed by atoms with E-state index in [1.54, 1.807) is 12.1 Å². The maximum Gasteiger partial charge on any atom is 0.336 e. The molecule has 0 spiro atoms. The first-order chi connectivity index (χ1) is 13.0. The number of nitro benzene ring substituents is 1. The first kappa shape index (κ1) is 18.6. The Labute approximate surface area is 156 Å². The van der Waals surface area contributed by atoms with Crippen molar-refractivity contribution < 1.29 is 19.6 Å². The van der Waals surface area contributed by atoms with E-state index in [1.807, 2.05) is 4.90 Å². The number of rotatable bonds is 5. The van der Waals surface area contributed by atoms with Crippen LogP contribution in [0.15, 0.2) is 42.5 Å². The Morgan fingerprint density at radius 3 is 2.19 bits per heavy atom. The second kappa shape index (κ2) is 7.99. The van der Waals surface area contributed by atoms with Gasteiger partial charge in [-0.15, -0.1) is 0 Å². The highest BCUT2D eigenvalue weighted by Gasteiger charge is 2.24. The van der Waals surface area contributed by atoms with Crippen molar-refractivity contribution in [2.75, 3.05) is 18.0 Å². The molecule has 1 aliphatic rings. The van der Waals surface area contributed by atoms with Crippen LogP contribution in [0.2, 0.25) is 0 Å². The van der Waals surface area contributed by atoms with Gasteiger partial charge in [0.1, 0.15) is 5.69 Å². The molecule has 0 unspecified atom stereocenters. The minimum absolute atomic E-state index is 0.0156. The van der Waals surface area contributed by atoms with Gasteiger partial charge in [0.15, 0.2) is 5.78 Å². The summed E-state index contributed by atoms with van der Waals surface area (Å²) in [5, 5.41) is 20.9. The molecule has 1 aliphatic heterocycles. The fourth-order valence-electron chi connectivity index (χ4n) is 3.41. The Hall–Kier alpha value is -3.22. The molecule has 0 aliphatic carbocycles. The van der Waals surface area contributed by atoms with E-state index in [9.17, 15) is 24.8 Å². The number of nitrogens with zero attached hydrogens (tertiary/aromatic N) is 2. The van der Waals surface area contributed by atoms with E-state index in [2.05, 4.69) is 0 Å². The fraction of sp³-hybridized carbons (Fsp3) is 0.300. The lowest BCUT2D eigenvalue weighted by Gasteiger charge is -2.22. The van der Waals surface area contributed by atoms with Crippen LogP contribution in [0.25, 0.3) is 0 Å². The largest absolute Gasteiger partial charge is 0.478 e. The molecular formula is C20H20N2O5. The van der Waals surface area contributed by atoms with E-state index in [0.29, 0.717) is 5.69 Å². The Kier molecular flexibility index (Phi) is 5.49. The number of anilines is 1. The van der Waals surface area contributed by atoms with Gasteiger partial charge in [-0.1, -0.05) is 31.0 Å². The molecule has 0 atom stereocenters. The zero-order valence-corrected chi connectivity index (χ0v) is 14.8. The second-order valence-electron chi connectivity index (χ2n) is 6.54. The summed E-state index contributed by atoms with van der Waals surface area (Å²) < 4.78 is 0. The number of carbonyl (C=O) groups excluding carboxylic acids is 1. The molecule has 27 heavy (non-hydrogen) atoms. The van der Waals surface area contributed by atoms with Gasteiger partial charge in [-0.05, 0) is 31.0 Å². The highest BCUT2D eigenvalue weighted by atomic mass is 16.6. The van der Waals surface area contributed by atoms with Crippen LogP contribution in [-0.2, 0) is 0 Å². The molecule has 0 saturated carbocycles. The smallest absolute Gasteiger partial charge is 0.336 e. The van der Waals surface area contributed by atoms with Crippen LogP contribution in [0.3, 0.4) is 0 Å². The van der Waals surface area contributed by atoms with Gasteiger partial charge >= 0.3 is 5.97 Å². The van der Waals surface area contributed by atoms with Crippen LogP contribution >= 0.6 is 0 Å². The van der Waals surface area contributed by atoms with E-state index < -0.39 is 16.7 Å². The highest BCUT2D eigenvalue weighted by Crippen LogP contribution is 2.32. The first-order valence-electron chi connectivity index (χ1n) is 8.89. The molecule has 0 bridgehead atoms. The minimum Gasteiger partial charge on any atom is -0.478 e. The first-order valence-corrected chi connectivity index (χ1v) is 8.89. The van der Waals surface area contributed by atoms with Crippen molar-refractivity contribution in [2.45, 2.75) is 25.7 Å². The molecule has 0 amide bonds. The highest BCUT2D eigenvalue weighted by molar-refractivity contribution is 6.14. The molecule has 1 saturated heterocycles. The summed E-state index contributed by atoms with van der Waals surface area (Å²) in [7, 11) is 0. The minimum atomic E-state index is -1.21. The Morgan fingerprint density at radius 1 is 0.963 bits per heavy atom. The maximum absolute atomic E-state index is 12.8. The predicted molar refractivity (Wildman–Crippen MR) is 101 cm³/mol. The summed E-state index contributed by atoms with van der Waals surface area (Å²) in [4.78, 5) is 37.3. The number of aromatic carboxylic acids is 1. The third-order valence-corrected chi connectivity index (χ3v) is 4.78. The van der Waals surface area contributed by atoms with E-state index in [-0.39, 0.29) is 22.4 Å². The quantitative estimate of drug-likeness (QED) is 0.488. The average Bonchev–Trinajstić information content (AvgIpc) is 2.96. The van der Waals surface area contributed by atoms with Gasteiger partial charge in [-0.3, -0.25) is 14.9 Å². The lowest BCUT2D eigenvalue weighted by atomic mass is 9.97. The Balaban J connectivity index is 2.00. The lowest BCUT2D eigenvalue weighted by molar-refractivity contribution is -0.384. The number of hydrogen-bond acceptors (Lipinski definition) is 5.